The Hall–Kier alpha value is -5.19. The van der Waals surface area contributed by atoms with E-state index < -0.39 is 11.7 Å². The number of fused-ring (bicyclic) bond motifs is 1. The van der Waals surface area contributed by atoms with Gasteiger partial charge in [0, 0.05) is 30.3 Å². The summed E-state index contributed by atoms with van der Waals surface area (Å²) in [7, 11) is 0. The van der Waals surface area contributed by atoms with Gasteiger partial charge < -0.3 is 25.8 Å². The third kappa shape index (κ3) is 9.07. The minimum absolute atomic E-state index is 0.0180. The number of aliphatic hydroxyl groups excluding tert-OH is 1. The molecule has 50 heavy (non-hydrogen) atoms. The van der Waals surface area contributed by atoms with Crippen LogP contribution in [0.1, 0.15) is 64.8 Å². The largest absolute Gasteiger partial charge is 0.438 e. The highest BCUT2D eigenvalue weighted by Gasteiger charge is 2.26. The number of pyridine rings is 2. The average Bonchev–Trinajstić information content (AvgIpc) is 3.14. The Balaban J connectivity index is 1.03. The van der Waals surface area contributed by atoms with Crippen LogP contribution in [0.4, 0.5) is 4.39 Å². The molecule has 5 aromatic rings. The fraction of sp³-hybridized carbons (Fsp3) is 0.300. The molecule has 0 unspecified atom stereocenters. The minimum Gasteiger partial charge on any atom is -0.438 e. The molecule has 2 heterocycles. The van der Waals surface area contributed by atoms with Gasteiger partial charge >= 0.3 is 0 Å². The van der Waals surface area contributed by atoms with E-state index in [1.807, 2.05) is 42.5 Å². The molecule has 2 aromatic heterocycles. The maximum absolute atomic E-state index is 14.3. The van der Waals surface area contributed by atoms with Gasteiger partial charge in [-0.3, -0.25) is 14.6 Å². The van der Waals surface area contributed by atoms with E-state index in [0.717, 1.165) is 61.1 Å². The highest BCUT2D eigenvalue weighted by atomic mass is 19.1. The Bertz CT molecular complexity index is 1910. The van der Waals surface area contributed by atoms with Gasteiger partial charge in [-0.25, -0.2) is 9.37 Å². The molecule has 0 saturated heterocycles. The zero-order valence-electron chi connectivity index (χ0n) is 27.9. The van der Waals surface area contributed by atoms with Gasteiger partial charge in [0.1, 0.15) is 17.1 Å². The second kappa shape index (κ2) is 17.0. The molecule has 1 aliphatic carbocycles. The minimum atomic E-state index is -0.633. The fourth-order valence-corrected chi connectivity index (χ4v) is 6.33. The molecular weight excluding hydrogens is 633 g/mol. The molecular formula is C40H42FN5O4. The summed E-state index contributed by atoms with van der Waals surface area (Å²) in [5.74, 6) is -0.756. The summed E-state index contributed by atoms with van der Waals surface area (Å²) in [6.07, 6.45) is 8.15. The van der Waals surface area contributed by atoms with Crippen molar-refractivity contribution >= 4 is 22.7 Å². The Morgan fingerprint density at radius 2 is 1.48 bits per heavy atom. The standard InChI is InChI=1S/C40H42FN5O4/c41-31-25-36(39(49)46-33-18-16-32(17-19-33)45-38(48)35-11-2-7-29-9-4-22-43-37(29)35)40(44-26-31)50-34-10-1-8-30(24-34)28-14-12-27(13-15-28)6-3-20-42-21-5-23-47/h1-2,4,7-15,22,24-26,32-33,42,47H,3,5-6,16-21,23H2,(H,45,48)(H,46,49)/t32-,33+. The Labute approximate surface area is 291 Å². The van der Waals surface area contributed by atoms with Crippen molar-refractivity contribution < 1.29 is 23.8 Å². The molecule has 0 radical (unpaired) electrons. The summed E-state index contributed by atoms with van der Waals surface area (Å²) in [5.41, 5.74) is 4.43. The highest BCUT2D eigenvalue weighted by molar-refractivity contribution is 6.05. The molecule has 1 saturated carbocycles. The second-order valence-corrected chi connectivity index (χ2v) is 12.6. The summed E-state index contributed by atoms with van der Waals surface area (Å²) in [6, 6.07) is 26.2. The van der Waals surface area contributed by atoms with Crippen molar-refractivity contribution in [3.05, 3.63) is 120 Å². The van der Waals surface area contributed by atoms with Crippen molar-refractivity contribution in [2.45, 2.75) is 57.0 Å². The zero-order chi connectivity index (χ0) is 34.7. The molecule has 9 nitrogen and oxygen atoms in total. The van der Waals surface area contributed by atoms with Crippen LogP contribution in [-0.4, -0.2) is 58.7 Å². The van der Waals surface area contributed by atoms with Crippen LogP contribution in [0.15, 0.2) is 97.3 Å². The summed E-state index contributed by atoms with van der Waals surface area (Å²) in [4.78, 5) is 35.0. The number of para-hydroxylation sites is 1. The number of carbonyl (C=O) groups excluding carboxylic acids is 2. The number of halogens is 1. The van der Waals surface area contributed by atoms with Crippen LogP contribution in [0, 0.1) is 5.82 Å². The van der Waals surface area contributed by atoms with Crippen LogP contribution >= 0.6 is 0 Å². The number of nitrogens with zero attached hydrogens (tertiary/aromatic N) is 2. The number of benzene rings is 3. The van der Waals surface area contributed by atoms with Crippen LogP contribution in [0.3, 0.4) is 0 Å². The molecule has 0 atom stereocenters. The van der Waals surface area contributed by atoms with Gasteiger partial charge in [-0.05, 0) is 105 Å². The molecule has 2 amide bonds. The summed E-state index contributed by atoms with van der Waals surface area (Å²) >= 11 is 0. The number of aryl methyl sites for hydroxylation is 1. The lowest BCUT2D eigenvalue weighted by Crippen LogP contribution is -2.44. The Morgan fingerprint density at radius 3 is 2.24 bits per heavy atom. The van der Waals surface area contributed by atoms with Crippen molar-refractivity contribution in [2.75, 3.05) is 19.7 Å². The maximum atomic E-state index is 14.3. The number of aromatic nitrogens is 2. The number of nitrogens with one attached hydrogen (secondary N) is 3. The fourth-order valence-electron chi connectivity index (χ4n) is 6.33. The number of amides is 2. The van der Waals surface area contributed by atoms with E-state index in [0.29, 0.717) is 42.5 Å². The van der Waals surface area contributed by atoms with E-state index in [9.17, 15) is 14.0 Å². The molecule has 3 aromatic carbocycles. The Morgan fingerprint density at radius 1 is 0.780 bits per heavy atom. The molecule has 0 bridgehead atoms. The molecule has 6 rings (SSSR count). The van der Waals surface area contributed by atoms with Crippen molar-refractivity contribution in [1.82, 2.24) is 25.9 Å². The average molecular weight is 676 g/mol. The van der Waals surface area contributed by atoms with Crippen molar-refractivity contribution in [2.24, 2.45) is 0 Å². The predicted octanol–water partition coefficient (Wildman–Crippen LogP) is 6.60. The molecule has 1 aliphatic rings. The lowest BCUT2D eigenvalue weighted by Gasteiger charge is -2.30. The van der Waals surface area contributed by atoms with Crippen LogP contribution in [-0.2, 0) is 6.42 Å². The van der Waals surface area contributed by atoms with Gasteiger partial charge in [-0.1, -0.05) is 54.6 Å². The summed E-state index contributed by atoms with van der Waals surface area (Å²) in [5, 5.41) is 19.3. The van der Waals surface area contributed by atoms with Gasteiger partial charge in [-0.15, -0.1) is 0 Å². The van der Waals surface area contributed by atoms with E-state index in [4.69, 9.17) is 9.84 Å². The van der Waals surface area contributed by atoms with Crippen molar-refractivity contribution in [3.8, 4) is 22.8 Å². The number of rotatable bonds is 14. The number of hydrogen-bond acceptors (Lipinski definition) is 7. The third-order valence-corrected chi connectivity index (χ3v) is 9.00. The first kappa shape index (κ1) is 34.7. The van der Waals surface area contributed by atoms with Gasteiger partial charge in [0.25, 0.3) is 11.8 Å². The first-order valence-corrected chi connectivity index (χ1v) is 17.3. The van der Waals surface area contributed by atoms with Crippen molar-refractivity contribution in [3.63, 3.8) is 0 Å². The Kier molecular flexibility index (Phi) is 11.8. The number of carbonyl (C=O) groups is 2. The highest BCUT2D eigenvalue weighted by Crippen LogP contribution is 2.29. The molecule has 10 heteroatoms. The monoisotopic (exact) mass is 675 g/mol. The van der Waals surface area contributed by atoms with Crippen LogP contribution in [0.5, 0.6) is 11.6 Å². The van der Waals surface area contributed by atoms with Crippen LogP contribution in [0.2, 0.25) is 0 Å². The smallest absolute Gasteiger partial charge is 0.257 e. The lowest BCUT2D eigenvalue weighted by atomic mass is 9.90. The van der Waals surface area contributed by atoms with E-state index >= 15 is 0 Å². The molecule has 258 valence electrons. The molecule has 0 aliphatic heterocycles. The van der Waals surface area contributed by atoms with Crippen LogP contribution < -0.4 is 20.7 Å². The van der Waals surface area contributed by atoms with Gasteiger partial charge in [0.15, 0.2) is 0 Å². The number of aliphatic hydroxyl groups is 1. The third-order valence-electron chi connectivity index (χ3n) is 9.00. The summed E-state index contributed by atoms with van der Waals surface area (Å²) in [6.45, 7) is 1.93. The quantitative estimate of drug-likeness (QED) is 0.0978. The molecule has 4 N–H and O–H groups in total. The number of hydrogen-bond donors (Lipinski definition) is 4. The molecule has 1 fully saturated rings. The number of ether oxygens (including phenoxy) is 1. The normalized spacial score (nSPS) is 15.8. The second-order valence-electron chi connectivity index (χ2n) is 12.6. The predicted molar refractivity (Wildman–Crippen MR) is 192 cm³/mol. The lowest BCUT2D eigenvalue weighted by molar-refractivity contribution is 0.0890. The molecule has 0 spiro atoms. The zero-order valence-corrected chi connectivity index (χ0v) is 27.9. The van der Waals surface area contributed by atoms with Crippen molar-refractivity contribution in [1.29, 1.82) is 0 Å². The van der Waals surface area contributed by atoms with Gasteiger partial charge in [0.2, 0.25) is 5.88 Å². The first-order chi connectivity index (χ1) is 24.5. The summed E-state index contributed by atoms with van der Waals surface area (Å²) < 4.78 is 20.4. The topological polar surface area (TPSA) is 125 Å². The van der Waals surface area contributed by atoms with E-state index in [1.54, 1.807) is 18.3 Å². The van der Waals surface area contributed by atoms with E-state index in [-0.39, 0.29) is 36.0 Å². The maximum Gasteiger partial charge on any atom is 0.257 e. The van der Waals surface area contributed by atoms with Crippen LogP contribution in [0.25, 0.3) is 22.0 Å². The van der Waals surface area contributed by atoms with Gasteiger partial charge in [-0.2, -0.15) is 0 Å². The SMILES string of the molecule is O=C(N[C@H]1CC[C@@H](NC(=O)c2cccc3cccnc23)CC1)c1cc(F)cnc1Oc1cccc(-c2ccc(CCCNCCCO)cc2)c1. The van der Waals surface area contributed by atoms with E-state index in [1.165, 1.54) is 5.56 Å². The van der Waals surface area contributed by atoms with E-state index in [2.05, 4.69) is 50.2 Å². The first-order valence-electron chi connectivity index (χ1n) is 17.3. The van der Waals surface area contributed by atoms with Gasteiger partial charge in [0.05, 0.1) is 17.3 Å².